The van der Waals surface area contributed by atoms with E-state index in [1.54, 1.807) is 30.3 Å². The van der Waals surface area contributed by atoms with E-state index in [4.69, 9.17) is 0 Å². The topological polar surface area (TPSA) is 51.2 Å². The number of carbonyl (C=O) groups excluding carboxylic acids is 1. The number of hydrogen-bond donors (Lipinski definition) is 0. The lowest BCUT2D eigenvalue weighted by Crippen LogP contribution is -2.38. The quantitative estimate of drug-likeness (QED) is 0.845. The van der Waals surface area contributed by atoms with E-state index in [0.29, 0.717) is 4.90 Å². The Labute approximate surface area is 138 Å². The highest BCUT2D eigenvalue weighted by Gasteiger charge is 2.51. The van der Waals surface area contributed by atoms with E-state index in [1.165, 1.54) is 0 Å². The van der Waals surface area contributed by atoms with Gasteiger partial charge in [-0.3, -0.25) is 4.79 Å². The first-order valence-corrected chi connectivity index (χ1v) is 9.98. The van der Waals surface area contributed by atoms with Crippen LogP contribution < -0.4 is 0 Å². The average Bonchev–Trinajstić information content (AvgIpc) is 2.86. The van der Waals surface area contributed by atoms with Crippen molar-refractivity contribution in [2.75, 3.05) is 5.75 Å². The number of hydrogen-bond acceptors (Lipinski definition) is 3. The van der Waals surface area contributed by atoms with E-state index in [1.807, 2.05) is 19.1 Å². The minimum absolute atomic E-state index is 0.0505. The fraction of sp³-hybridized carbons (Fsp3) is 0.526. The molecule has 4 atom stereocenters. The molecule has 23 heavy (non-hydrogen) atoms. The summed E-state index contributed by atoms with van der Waals surface area (Å²) in [4.78, 5) is 12.5. The van der Waals surface area contributed by atoms with Gasteiger partial charge in [0.1, 0.15) is 0 Å². The second kappa shape index (κ2) is 5.90. The van der Waals surface area contributed by atoms with Gasteiger partial charge in [0, 0.05) is 5.92 Å². The van der Waals surface area contributed by atoms with Crippen molar-refractivity contribution in [2.45, 2.75) is 38.0 Å². The highest BCUT2D eigenvalue weighted by atomic mass is 32.2. The summed E-state index contributed by atoms with van der Waals surface area (Å²) in [5, 5.41) is 0. The molecule has 1 aromatic carbocycles. The van der Waals surface area contributed by atoms with Crippen LogP contribution in [0.1, 0.15) is 33.1 Å². The summed E-state index contributed by atoms with van der Waals surface area (Å²) < 4.78 is 25.3. The molecule has 1 fully saturated rings. The zero-order valence-corrected chi connectivity index (χ0v) is 14.6. The molecule has 0 aromatic heterocycles. The van der Waals surface area contributed by atoms with Crippen molar-refractivity contribution in [2.24, 2.45) is 23.2 Å². The summed E-state index contributed by atoms with van der Waals surface area (Å²) in [7, 11) is -3.28. The van der Waals surface area contributed by atoms with E-state index < -0.39 is 9.84 Å². The minimum Gasteiger partial charge on any atom is -0.295 e. The molecular formula is C19H24O3S. The monoisotopic (exact) mass is 332 g/mol. The van der Waals surface area contributed by atoms with Gasteiger partial charge in [0.15, 0.2) is 15.6 Å². The highest BCUT2D eigenvalue weighted by Crippen LogP contribution is 2.55. The van der Waals surface area contributed by atoms with Gasteiger partial charge in [-0.1, -0.05) is 38.1 Å². The van der Waals surface area contributed by atoms with E-state index in [-0.39, 0.29) is 34.7 Å². The molecule has 0 aliphatic heterocycles. The van der Waals surface area contributed by atoms with Crippen molar-refractivity contribution in [1.29, 1.82) is 0 Å². The smallest absolute Gasteiger partial charge is 0.178 e. The largest absolute Gasteiger partial charge is 0.295 e. The molecule has 1 saturated carbocycles. The van der Waals surface area contributed by atoms with Crippen LogP contribution in [0.15, 0.2) is 47.4 Å². The van der Waals surface area contributed by atoms with Crippen LogP contribution in [0, 0.1) is 23.2 Å². The zero-order valence-electron chi connectivity index (χ0n) is 13.7. The van der Waals surface area contributed by atoms with Crippen molar-refractivity contribution in [1.82, 2.24) is 0 Å². The van der Waals surface area contributed by atoms with E-state index in [9.17, 15) is 13.2 Å². The number of carbonyl (C=O) groups is 1. The number of fused-ring (bicyclic) bond motifs is 1. The lowest BCUT2D eigenvalue weighted by molar-refractivity contribution is -0.122. The second-order valence-corrected chi connectivity index (χ2v) is 9.36. The first kappa shape index (κ1) is 16.4. The van der Waals surface area contributed by atoms with Crippen molar-refractivity contribution in [3.63, 3.8) is 0 Å². The summed E-state index contributed by atoms with van der Waals surface area (Å²) in [6.07, 6.45) is 6.39. The molecule has 0 heterocycles. The van der Waals surface area contributed by atoms with Gasteiger partial charge in [0.05, 0.1) is 10.6 Å². The summed E-state index contributed by atoms with van der Waals surface area (Å²) in [6, 6.07) is 8.66. The van der Waals surface area contributed by atoms with Gasteiger partial charge in [-0.15, -0.1) is 0 Å². The number of allylic oxidation sites excluding steroid dienone is 2. The molecule has 0 spiro atoms. The lowest BCUT2D eigenvalue weighted by Gasteiger charge is -2.40. The minimum atomic E-state index is -3.28. The van der Waals surface area contributed by atoms with Gasteiger partial charge < -0.3 is 0 Å². The molecule has 1 aromatic rings. The second-order valence-electron chi connectivity index (χ2n) is 7.32. The van der Waals surface area contributed by atoms with Gasteiger partial charge >= 0.3 is 0 Å². The fourth-order valence-electron chi connectivity index (χ4n) is 4.69. The molecule has 0 amide bonds. The Kier molecular flexibility index (Phi) is 4.21. The Balaban J connectivity index is 1.80. The zero-order chi connectivity index (χ0) is 16.7. The number of ketones is 1. The molecule has 0 unspecified atom stereocenters. The Morgan fingerprint density at radius 2 is 1.91 bits per heavy atom. The summed E-state index contributed by atoms with van der Waals surface area (Å²) in [5.74, 6) is 0.773. The normalized spacial score (nSPS) is 31.8. The Bertz CT molecular complexity index is 720. The highest BCUT2D eigenvalue weighted by molar-refractivity contribution is 7.91. The first-order valence-electron chi connectivity index (χ1n) is 8.33. The van der Waals surface area contributed by atoms with Gasteiger partial charge in [0.2, 0.25) is 0 Å². The van der Waals surface area contributed by atoms with Crippen LogP contribution >= 0.6 is 0 Å². The summed E-state index contributed by atoms with van der Waals surface area (Å²) >= 11 is 0. The predicted octanol–water partition coefficient (Wildman–Crippen LogP) is 3.66. The molecule has 3 rings (SSSR count). The van der Waals surface area contributed by atoms with Crippen LogP contribution in [0.3, 0.4) is 0 Å². The lowest BCUT2D eigenvalue weighted by atomic mass is 9.64. The van der Waals surface area contributed by atoms with Crippen LogP contribution in [0.5, 0.6) is 0 Å². The number of benzene rings is 1. The van der Waals surface area contributed by atoms with Crippen molar-refractivity contribution < 1.29 is 13.2 Å². The number of sulfone groups is 1. The first-order chi connectivity index (χ1) is 10.8. The van der Waals surface area contributed by atoms with Crippen LogP contribution in [0.2, 0.25) is 0 Å². The molecule has 2 aliphatic carbocycles. The molecular weight excluding hydrogens is 308 g/mol. The van der Waals surface area contributed by atoms with Crippen molar-refractivity contribution in [3.8, 4) is 0 Å². The van der Waals surface area contributed by atoms with Gasteiger partial charge in [-0.2, -0.15) is 0 Å². The van der Waals surface area contributed by atoms with Gasteiger partial charge in [-0.25, -0.2) is 8.42 Å². The Morgan fingerprint density at radius 1 is 1.22 bits per heavy atom. The summed E-state index contributed by atoms with van der Waals surface area (Å²) in [5.41, 5.74) is -0.0859. The SMILES string of the molecule is C[C@H](CS(=O)(=O)c1ccccc1)[C@@H]1CC[C@H]2C(=O)C=CC[C@@]21C. The van der Waals surface area contributed by atoms with Crippen molar-refractivity contribution >= 4 is 15.6 Å². The van der Waals surface area contributed by atoms with Crippen LogP contribution in [0.4, 0.5) is 0 Å². The molecule has 4 heteroatoms. The van der Waals surface area contributed by atoms with Crippen LogP contribution in [0.25, 0.3) is 0 Å². The third kappa shape index (κ3) is 2.89. The Morgan fingerprint density at radius 3 is 2.61 bits per heavy atom. The standard InChI is InChI=1S/C19H24O3S/c1-14(13-23(21,22)15-7-4-3-5-8-15)16-10-11-17-18(20)9-6-12-19(16,17)2/h3-9,14,16-17H,10-13H2,1-2H3/t14-,16+,17+,19-/m1/s1. The van der Waals surface area contributed by atoms with E-state index in [2.05, 4.69) is 6.92 Å². The molecule has 0 bridgehead atoms. The molecule has 2 aliphatic rings. The van der Waals surface area contributed by atoms with E-state index >= 15 is 0 Å². The third-order valence-corrected chi connectivity index (χ3v) is 7.82. The third-order valence-electron chi connectivity index (χ3n) is 5.86. The van der Waals surface area contributed by atoms with Crippen LogP contribution in [-0.4, -0.2) is 20.0 Å². The fourth-order valence-corrected chi connectivity index (χ4v) is 6.38. The number of rotatable bonds is 4. The van der Waals surface area contributed by atoms with Crippen LogP contribution in [-0.2, 0) is 14.6 Å². The molecule has 3 nitrogen and oxygen atoms in total. The summed E-state index contributed by atoms with van der Waals surface area (Å²) in [6.45, 7) is 4.20. The maximum atomic E-state index is 12.6. The van der Waals surface area contributed by atoms with Gasteiger partial charge in [0.25, 0.3) is 0 Å². The average molecular weight is 332 g/mol. The van der Waals surface area contributed by atoms with Crippen molar-refractivity contribution in [3.05, 3.63) is 42.5 Å². The predicted molar refractivity (Wildman–Crippen MR) is 90.7 cm³/mol. The maximum Gasteiger partial charge on any atom is 0.178 e. The molecule has 124 valence electrons. The maximum absolute atomic E-state index is 12.6. The molecule has 0 saturated heterocycles. The van der Waals surface area contributed by atoms with Gasteiger partial charge in [-0.05, 0) is 54.7 Å². The van der Waals surface area contributed by atoms with E-state index in [0.717, 1.165) is 19.3 Å². The molecule has 0 N–H and O–H groups in total. The molecule has 0 radical (unpaired) electrons. The Hall–Kier alpha value is -1.42.